The van der Waals surface area contributed by atoms with E-state index in [1.807, 2.05) is 0 Å². The fraction of sp³-hybridized carbons (Fsp3) is 0.938. The van der Waals surface area contributed by atoms with Gasteiger partial charge in [0, 0.05) is 0 Å². The third-order valence-electron chi connectivity index (χ3n) is 5.97. The molecule has 4 aliphatic carbocycles. The maximum atomic E-state index is 12.4. The molecule has 3 heteroatoms. The second kappa shape index (κ2) is 4.47. The Morgan fingerprint density at radius 2 is 1.47 bits per heavy atom. The molecular weight excluding hydrogens is 238 g/mol. The van der Waals surface area contributed by atoms with Crippen LogP contribution in [0, 0.1) is 23.7 Å². The molecule has 1 N–H and O–H groups in total. The minimum Gasteiger partial charge on any atom is -0.459 e. The van der Waals surface area contributed by atoms with Crippen molar-refractivity contribution in [1.82, 2.24) is 5.32 Å². The summed E-state index contributed by atoms with van der Waals surface area (Å²) >= 11 is 0. The molecule has 0 aromatic carbocycles. The molecule has 3 nitrogen and oxygen atoms in total. The molecule has 5 aliphatic rings. The van der Waals surface area contributed by atoms with Crippen LogP contribution in [0.1, 0.15) is 51.4 Å². The molecule has 106 valence electrons. The maximum absolute atomic E-state index is 12.4. The van der Waals surface area contributed by atoms with Gasteiger partial charge in [-0.3, -0.25) is 4.79 Å². The Bertz CT molecular complexity index is 338. The van der Waals surface area contributed by atoms with Crippen molar-refractivity contribution in [3.8, 4) is 0 Å². The monoisotopic (exact) mass is 263 g/mol. The number of hydrogen-bond donors (Lipinski definition) is 1. The summed E-state index contributed by atoms with van der Waals surface area (Å²) in [5.41, 5.74) is -0.0449. The quantitative estimate of drug-likeness (QED) is 0.778. The lowest BCUT2D eigenvalue weighted by Crippen LogP contribution is -2.53. The van der Waals surface area contributed by atoms with Crippen molar-refractivity contribution in [2.45, 2.75) is 57.0 Å². The minimum absolute atomic E-state index is 0.0449. The number of ether oxygens (including phenoxy) is 1. The van der Waals surface area contributed by atoms with Crippen LogP contribution in [-0.2, 0) is 9.53 Å². The summed E-state index contributed by atoms with van der Waals surface area (Å²) in [5.74, 6) is 2.84. The van der Waals surface area contributed by atoms with Gasteiger partial charge in [-0.1, -0.05) is 0 Å². The summed E-state index contributed by atoms with van der Waals surface area (Å²) in [6.07, 6.45) is 9.63. The fourth-order valence-electron chi connectivity index (χ4n) is 5.51. The van der Waals surface area contributed by atoms with Crippen molar-refractivity contribution in [3.63, 3.8) is 0 Å². The Morgan fingerprint density at radius 1 is 0.947 bits per heavy atom. The van der Waals surface area contributed by atoms with E-state index in [0.29, 0.717) is 0 Å². The molecule has 5 rings (SSSR count). The molecule has 0 spiro atoms. The van der Waals surface area contributed by atoms with Gasteiger partial charge in [0.15, 0.2) is 0 Å². The first kappa shape index (κ1) is 12.2. The van der Waals surface area contributed by atoms with Crippen molar-refractivity contribution in [3.05, 3.63) is 0 Å². The predicted octanol–water partition coefficient (Wildman–Crippen LogP) is 2.50. The summed E-state index contributed by atoms with van der Waals surface area (Å²) in [6, 6.07) is 0. The zero-order valence-corrected chi connectivity index (χ0v) is 11.7. The molecule has 1 aliphatic heterocycles. The Balaban J connectivity index is 1.45. The lowest BCUT2D eigenvalue weighted by Gasteiger charge is -2.56. The van der Waals surface area contributed by atoms with Gasteiger partial charge in [-0.05, 0) is 82.2 Å². The Kier molecular flexibility index (Phi) is 2.87. The molecule has 0 unspecified atom stereocenters. The summed E-state index contributed by atoms with van der Waals surface area (Å²) in [5, 5.41) is 3.32. The molecule has 1 saturated heterocycles. The highest BCUT2D eigenvalue weighted by molar-refractivity contribution is 5.73. The average Bonchev–Trinajstić information content (AvgIpc) is 2.37. The van der Waals surface area contributed by atoms with Gasteiger partial charge < -0.3 is 10.1 Å². The summed E-state index contributed by atoms with van der Waals surface area (Å²) in [4.78, 5) is 12.4. The molecular formula is C16H25NO2. The van der Waals surface area contributed by atoms with Crippen LogP contribution in [0.5, 0.6) is 0 Å². The van der Waals surface area contributed by atoms with Gasteiger partial charge in [0.2, 0.25) is 0 Å². The number of esters is 1. The van der Waals surface area contributed by atoms with E-state index >= 15 is 0 Å². The molecule has 4 saturated carbocycles. The maximum Gasteiger partial charge on any atom is 0.309 e. The van der Waals surface area contributed by atoms with Crippen LogP contribution in [0.15, 0.2) is 0 Å². The molecule has 19 heavy (non-hydrogen) atoms. The predicted molar refractivity (Wildman–Crippen MR) is 72.6 cm³/mol. The fourth-order valence-corrected chi connectivity index (χ4v) is 5.51. The van der Waals surface area contributed by atoms with Gasteiger partial charge in [-0.2, -0.15) is 0 Å². The molecule has 0 amide bonds. The molecule has 1 heterocycles. The van der Waals surface area contributed by atoms with Gasteiger partial charge in [0.25, 0.3) is 0 Å². The molecule has 0 aromatic heterocycles. The van der Waals surface area contributed by atoms with Crippen LogP contribution < -0.4 is 5.32 Å². The largest absolute Gasteiger partial charge is 0.459 e. The zero-order valence-electron chi connectivity index (χ0n) is 11.7. The smallest absolute Gasteiger partial charge is 0.309 e. The molecule has 0 radical (unpaired) electrons. The Morgan fingerprint density at radius 3 is 2.00 bits per heavy atom. The van der Waals surface area contributed by atoms with E-state index in [4.69, 9.17) is 4.74 Å². The van der Waals surface area contributed by atoms with Crippen LogP contribution >= 0.6 is 0 Å². The van der Waals surface area contributed by atoms with Crippen LogP contribution in [0.2, 0.25) is 0 Å². The van der Waals surface area contributed by atoms with E-state index in [0.717, 1.165) is 62.9 Å². The van der Waals surface area contributed by atoms with Crippen LogP contribution in [0.4, 0.5) is 0 Å². The highest BCUT2D eigenvalue weighted by Gasteiger charge is 2.53. The molecule has 5 fully saturated rings. The van der Waals surface area contributed by atoms with Gasteiger partial charge in [-0.15, -0.1) is 0 Å². The Labute approximate surface area is 115 Å². The topological polar surface area (TPSA) is 38.3 Å². The minimum atomic E-state index is -0.0449. The van der Waals surface area contributed by atoms with Crippen LogP contribution in [0.25, 0.3) is 0 Å². The lowest BCUT2D eigenvalue weighted by atomic mass is 9.54. The number of carbonyl (C=O) groups excluding carboxylic acids is 1. The SMILES string of the molecule is O=C(OC12CC3CC(CC(C3)C1)C2)C1CCNCC1. The number of carbonyl (C=O) groups is 1. The highest BCUT2D eigenvalue weighted by Crippen LogP contribution is 2.57. The van der Waals surface area contributed by atoms with E-state index in [1.165, 1.54) is 19.3 Å². The molecule has 0 atom stereocenters. The van der Waals surface area contributed by atoms with Crippen LogP contribution in [0.3, 0.4) is 0 Å². The molecule has 0 aromatic rings. The van der Waals surface area contributed by atoms with E-state index < -0.39 is 0 Å². The zero-order chi connectivity index (χ0) is 12.9. The second-order valence-electron chi connectivity index (χ2n) is 7.55. The third-order valence-corrected chi connectivity index (χ3v) is 5.97. The summed E-state index contributed by atoms with van der Waals surface area (Å²) in [7, 11) is 0. The van der Waals surface area contributed by atoms with E-state index in [-0.39, 0.29) is 17.5 Å². The van der Waals surface area contributed by atoms with Crippen molar-refractivity contribution >= 4 is 5.97 Å². The number of hydrogen-bond acceptors (Lipinski definition) is 3. The van der Waals surface area contributed by atoms with Crippen molar-refractivity contribution in [2.75, 3.05) is 13.1 Å². The first-order valence-corrected chi connectivity index (χ1v) is 8.16. The van der Waals surface area contributed by atoms with E-state index in [1.54, 1.807) is 0 Å². The van der Waals surface area contributed by atoms with Gasteiger partial charge >= 0.3 is 5.97 Å². The summed E-state index contributed by atoms with van der Waals surface area (Å²) < 4.78 is 6.12. The standard InChI is InChI=1S/C16H25NO2/c18-15(14-1-3-17-4-2-14)19-16-8-11-5-12(9-16)7-13(6-11)10-16/h11-14,17H,1-10H2. The highest BCUT2D eigenvalue weighted by atomic mass is 16.6. The second-order valence-corrected chi connectivity index (χ2v) is 7.55. The van der Waals surface area contributed by atoms with Gasteiger partial charge in [-0.25, -0.2) is 0 Å². The average molecular weight is 263 g/mol. The first-order chi connectivity index (χ1) is 9.22. The normalized spacial score (nSPS) is 45.4. The number of rotatable bonds is 2. The van der Waals surface area contributed by atoms with Crippen molar-refractivity contribution < 1.29 is 9.53 Å². The van der Waals surface area contributed by atoms with E-state index in [2.05, 4.69) is 5.32 Å². The van der Waals surface area contributed by atoms with Gasteiger partial charge in [0.1, 0.15) is 5.60 Å². The lowest BCUT2D eigenvalue weighted by molar-refractivity contribution is -0.191. The summed E-state index contributed by atoms with van der Waals surface area (Å²) in [6.45, 7) is 1.95. The van der Waals surface area contributed by atoms with E-state index in [9.17, 15) is 4.79 Å². The van der Waals surface area contributed by atoms with Crippen LogP contribution in [-0.4, -0.2) is 24.7 Å². The first-order valence-electron chi connectivity index (χ1n) is 8.16. The Hall–Kier alpha value is -0.570. The third kappa shape index (κ3) is 2.20. The number of nitrogens with one attached hydrogen (secondary N) is 1. The van der Waals surface area contributed by atoms with Crippen molar-refractivity contribution in [1.29, 1.82) is 0 Å². The molecule has 4 bridgehead atoms. The van der Waals surface area contributed by atoms with Crippen molar-refractivity contribution in [2.24, 2.45) is 23.7 Å². The number of piperidine rings is 1. The van der Waals surface area contributed by atoms with Gasteiger partial charge in [0.05, 0.1) is 5.92 Å².